The van der Waals surface area contributed by atoms with Gasteiger partial charge in [-0.05, 0) is 43.6 Å². The van der Waals surface area contributed by atoms with Gasteiger partial charge in [-0.1, -0.05) is 55.3 Å². The van der Waals surface area contributed by atoms with Crippen molar-refractivity contribution in [2.75, 3.05) is 0 Å². The third kappa shape index (κ3) is 2.98. The molecule has 0 saturated heterocycles. The molecule has 0 spiro atoms. The van der Waals surface area contributed by atoms with Gasteiger partial charge in [-0.25, -0.2) is 0 Å². The summed E-state index contributed by atoms with van der Waals surface area (Å²) in [5.74, 6) is 0.776. The summed E-state index contributed by atoms with van der Waals surface area (Å²) in [6.45, 7) is 2.28. The van der Waals surface area contributed by atoms with Crippen molar-refractivity contribution in [1.82, 2.24) is 0 Å². The lowest BCUT2D eigenvalue weighted by atomic mass is 9.82. The highest BCUT2D eigenvalue weighted by atomic mass is 14.2. The van der Waals surface area contributed by atoms with Crippen LogP contribution in [0.1, 0.15) is 56.9 Å². The zero-order valence-corrected chi connectivity index (χ0v) is 10.3. The topological polar surface area (TPSA) is 0 Å². The zero-order chi connectivity index (χ0) is 11.2. The lowest BCUT2D eigenvalue weighted by molar-refractivity contribution is 0.573. The van der Waals surface area contributed by atoms with Gasteiger partial charge in [-0.3, -0.25) is 0 Å². The first-order chi connectivity index (χ1) is 7.90. The van der Waals surface area contributed by atoms with Crippen LogP contribution in [0.4, 0.5) is 0 Å². The lowest BCUT2D eigenvalue weighted by Crippen LogP contribution is -2.05. The second kappa shape index (κ2) is 5.89. The Labute approximate surface area is 99.4 Å². The molecule has 1 atom stereocenters. The molecule has 1 aliphatic rings. The van der Waals surface area contributed by atoms with Gasteiger partial charge in [0.2, 0.25) is 0 Å². The van der Waals surface area contributed by atoms with Crippen molar-refractivity contribution in [1.29, 1.82) is 0 Å². The highest BCUT2D eigenvalue weighted by Gasteiger charge is 2.16. The predicted octanol–water partition coefficient (Wildman–Crippen LogP) is 5.07. The van der Waals surface area contributed by atoms with Gasteiger partial charge in [0.15, 0.2) is 0 Å². The maximum Gasteiger partial charge on any atom is -0.0122 e. The van der Waals surface area contributed by atoms with Crippen LogP contribution in [0.15, 0.2) is 42.0 Å². The van der Waals surface area contributed by atoms with Crippen molar-refractivity contribution in [2.24, 2.45) is 0 Å². The molecule has 0 aliphatic heterocycles. The van der Waals surface area contributed by atoms with E-state index in [2.05, 4.69) is 43.3 Å². The predicted molar refractivity (Wildman–Crippen MR) is 70.6 cm³/mol. The Morgan fingerprint density at radius 1 is 1.19 bits per heavy atom. The maximum absolute atomic E-state index is 2.48. The molecule has 86 valence electrons. The van der Waals surface area contributed by atoms with Gasteiger partial charge in [0.05, 0.1) is 0 Å². The smallest absolute Gasteiger partial charge is 0.0122 e. The quantitative estimate of drug-likeness (QED) is 0.614. The van der Waals surface area contributed by atoms with Crippen molar-refractivity contribution < 1.29 is 0 Å². The Morgan fingerprint density at radius 2 is 2.00 bits per heavy atom. The van der Waals surface area contributed by atoms with Crippen LogP contribution in [0.3, 0.4) is 0 Å². The van der Waals surface area contributed by atoms with E-state index in [1.54, 1.807) is 5.57 Å². The average Bonchev–Trinajstić information content (AvgIpc) is 2.38. The Bertz CT molecular complexity index is 334. The fourth-order valence-electron chi connectivity index (χ4n) is 2.61. The molecule has 0 radical (unpaired) electrons. The van der Waals surface area contributed by atoms with Crippen LogP contribution in [0.25, 0.3) is 0 Å². The van der Waals surface area contributed by atoms with E-state index in [9.17, 15) is 0 Å². The van der Waals surface area contributed by atoms with Crippen molar-refractivity contribution in [3.05, 3.63) is 47.5 Å². The van der Waals surface area contributed by atoms with E-state index < -0.39 is 0 Å². The standard InChI is InChI=1S/C16H22/c1-2-3-8-14-9-7-12-16(13-14)15-10-5-4-6-11-15/h4-6,9-11,16H,2-3,7-8,12-13H2,1H3. The van der Waals surface area contributed by atoms with Gasteiger partial charge < -0.3 is 0 Å². The normalized spacial score (nSPS) is 20.6. The van der Waals surface area contributed by atoms with Crippen LogP contribution >= 0.6 is 0 Å². The summed E-state index contributed by atoms with van der Waals surface area (Å²) in [6.07, 6.45) is 10.4. The van der Waals surface area contributed by atoms with Gasteiger partial charge in [0.1, 0.15) is 0 Å². The summed E-state index contributed by atoms with van der Waals surface area (Å²) in [7, 11) is 0. The molecular formula is C16H22. The van der Waals surface area contributed by atoms with E-state index >= 15 is 0 Å². The monoisotopic (exact) mass is 214 g/mol. The molecule has 2 rings (SSSR count). The number of benzene rings is 1. The Kier molecular flexibility index (Phi) is 4.21. The average molecular weight is 214 g/mol. The SMILES string of the molecule is CCCCC1=CCCC(c2ccccc2)C1. The highest BCUT2D eigenvalue weighted by molar-refractivity contribution is 5.23. The first-order valence-electron chi connectivity index (χ1n) is 6.63. The van der Waals surface area contributed by atoms with Crippen LogP contribution in [0.5, 0.6) is 0 Å². The minimum absolute atomic E-state index is 0.776. The lowest BCUT2D eigenvalue weighted by Gasteiger charge is -2.23. The minimum atomic E-state index is 0.776. The molecule has 16 heavy (non-hydrogen) atoms. The largest absolute Gasteiger partial charge is 0.0853 e. The van der Waals surface area contributed by atoms with Crippen molar-refractivity contribution in [3.8, 4) is 0 Å². The Morgan fingerprint density at radius 3 is 2.75 bits per heavy atom. The third-order valence-electron chi connectivity index (χ3n) is 3.58. The number of rotatable bonds is 4. The van der Waals surface area contributed by atoms with Crippen LogP contribution in [0.2, 0.25) is 0 Å². The van der Waals surface area contributed by atoms with Gasteiger partial charge in [0, 0.05) is 0 Å². The van der Waals surface area contributed by atoms with E-state index in [4.69, 9.17) is 0 Å². The van der Waals surface area contributed by atoms with E-state index in [1.165, 1.54) is 44.1 Å². The van der Waals surface area contributed by atoms with Gasteiger partial charge in [-0.15, -0.1) is 0 Å². The number of hydrogen-bond donors (Lipinski definition) is 0. The second-order valence-electron chi connectivity index (χ2n) is 4.86. The minimum Gasteiger partial charge on any atom is -0.0853 e. The molecule has 0 nitrogen and oxygen atoms in total. The summed E-state index contributed by atoms with van der Waals surface area (Å²) in [4.78, 5) is 0. The Hall–Kier alpha value is -1.04. The molecule has 1 aromatic carbocycles. The number of hydrogen-bond acceptors (Lipinski definition) is 0. The van der Waals surface area contributed by atoms with Gasteiger partial charge in [-0.2, -0.15) is 0 Å². The summed E-state index contributed by atoms with van der Waals surface area (Å²) < 4.78 is 0. The van der Waals surface area contributed by atoms with Crippen molar-refractivity contribution in [2.45, 2.75) is 51.4 Å². The molecule has 1 unspecified atom stereocenters. The van der Waals surface area contributed by atoms with Crippen LogP contribution in [-0.4, -0.2) is 0 Å². The molecule has 0 aromatic heterocycles. The molecule has 0 amide bonds. The molecular weight excluding hydrogens is 192 g/mol. The Balaban J connectivity index is 1.97. The molecule has 0 fully saturated rings. The first kappa shape index (κ1) is 11.4. The van der Waals surface area contributed by atoms with E-state index in [-0.39, 0.29) is 0 Å². The van der Waals surface area contributed by atoms with Crippen molar-refractivity contribution >= 4 is 0 Å². The summed E-state index contributed by atoms with van der Waals surface area (Å²) in [6, 6.07) is 11.0. The van der Waals surface area contributed by atoms with E-state index in [1.807, 2.05) is 0 Å². The molecule has 1 aromatic rings. The molecule has 0 N–H and O–H groups in total. The summed E-state index contributed by atoms with van der Waals surface area (Å²) in [5, 5.41) is 0. The molecule has 1 aliphatic carbocycles. The fourth-order valence-corrected chi connectivity index (χ4v) is 2.61. The van der Waals surface area contributed by atoms with Crippen LogP contribution < -0.4 is 0 Å². The zero-order valence-electron chi connectivity index (χ0n) is 10.3. The maximum atomic E-state index is 2.48. The highest BCUT2D eigenvalue weighted by Crippen LogP contribution is 2.34. The van der Waals surface area contributed by atoms with Gasteiger partial charge in [0.25, 0.3) is 0 Å². The number of allylic oxidation sites excluding steroid dienone is 2. The van der Waals surface area contributed by atoms with Crippen molar-refractivity contribution in [3.63, 3.8) is 0 Å². The first-order valence-corrected chi connectivity index (χ1v) is 6.63. The van der Waals surface area contributed by atoms with Crippen LogP contribution in [0, 0.1) is 0 Å². The molecule has 0 bridgehead atoms. The summed E-state index contributed by atoms with van der Waals surface area (Å²) in [5.41, 5.74) is 3.23. The van der Waals surface area contributed by atoms with E-state index in [0.717, 1.165) is 5.92 Å². The van der Waals surface area contributed by atoms with Crippen LogP contribution in [-0.2, 0) is 0 Å². The third-order valence-corrected chi connectivity index (χ3v) is 3.58. The molecule has 0 saturated carbocycles. The fraction of sp³-hybridized carbons (Fsp3) is 0.500. The van der Waals surface area contributed by atoms with E-state index in [0.29, 0.717) is 0 Å². The summed E-state index contributed by atoms with van der Waals surface area (Å²) >= 11 is 0. The number of unbranched alkanes of at least 4 members (excludes halogenated alkanes) is 1. The molecule has 0 heterocycles. The second-order valence-corrected chi connectivity index (χ2v) is 4.86. The van der Waals surface area contributed by atoms with Gasteiger partial charge >= 0.3 is 0 Å². The molecule has 0 heteroatoms.